The molecule has 0 aromatic heterocycles. The Hall–Kier alpha value is -3.55. The van der Waals surface area contributed by atoms with Gasteiger partial charge in [0.2, 0.25) is 5.91 Å². The number of esters is 1. The summed E-state index contributed by atoms with van der Waals surface area (Å²) in [7, 11) is 1.24. The summed E-state index contributed by atoms with van der Waals surface area (Å²) >= 11 is 0. The van der Waals surface area contributed by atoms with E-state index >= 15 is 0 Å². The molecular weight excluding hydrogens is 396 g/mol. The van der Waals surface area contributed by atoms with E-state index in [9.17, 15) is 14.4 Å². The maximum absolute atomic E-state index is 12.3. The molecule has 8 heteroatoms. The number of ether oxygens (including phenoxy) is 1. The second kappa shape index (κ2) is 11.0. The molecule has 2 aromatic rings. The van der Waals surface area contributed by atoms with Gasteiger partial charge in [-0.15, -0.1) is 0 Å². The van der Waals surface area contributed by atoms with Crippen LogP contribution in [0.1, 0.15) is 33.6 Å². The summed E-state index contributed by atoms with van der Waals surface area (Å²) in [5.41, 5.74) is 2.04. The third-order valence-corrected chi connectivity index (χ3v) is 4.17. The summed E-state index contributed by atoms with van der Waals surface area (Å²) in [6.45, 7) is 5.48. The van der Waals surface area contributed by atoms with E-state index in [1.807, 2.05) is 63.2 Å². The summed E-state index contributed by atoms with van der Waals surface area (Å²) in [5.74, 6) is -0.871. The predicted molar refractivity (Wildman–Crippen MR) is 121 cm³/mol. The normalized spacial score (nSPS) is 11.7. The van der Waals surface area contributed by atoms with Gasteiger partial charge >= 0.3 is 12.0 Å². The first-order chi connectivity index (χ1) is 14.7. The van der Waals surface area contributed by atoms with Crippen LogP contribution in [-0.4, -0.2) is 36.6 Å². The van der Waals surface area contributed by atoms with Crippen molar-refractivity contribution in [3.05, 3.63) is 54.6 Å². The van der Waals surface area contributed by atoms with Crippen LogP contribution >= 0.6 is 0 Å². The highest BCUT2D eigenvalue weighted by Crippen LogP contribution is 2.19. The number of methoxy groups -OCH3 is 1. The van der Waals surface area contributed by atoms with Crippen LogP contribution in [0.2, 0.25) is 0 Å². The minimum Gasteiger partial charge on any atom is -0.467 e. The molecule has 1 atom stereocenters. The highest BCUT2D eigenvalue weighted by molar-refractivity contribution is 5.91. The van der Waals surface area contributed by atoms with Crippen LogP contribution in [0, 0.1) is 0 Å². The van der Waals surface area contributed by atoms with Crippen molar-refractivity contribution in [2.45, 2.75) is 45.2 Å². The van der Waals surface area contributed by atoms with Crippen LogP contribution in [0.4, 0.5) is 21.9 Å². The standard InChI is InChI=1S/C23H30N4O4/c1-23(2,3)27-22(30)26-19(21(29)31-4)14-15-20(28)25-18-12-10-17(11-13-18)24-16-8-6-5-7-9-16/h5-13,19,24H,14-15H2,1-4H3,(H,25,28)(H2,26,27,30)/t19-/m0/s1. The number of carbonyl (C=O) groups is 3. The lowest BCUT2D eigenvalue weighted by Gasteiger charge is -2.23. The average molecular weight is 427 g/mol. The predicted octanol–water partition coefficient (Wildman–Crippen LogP) is 3.79. The Morgan fingerprint density at radius 2 is 1.48 bits per heavy atom. The molecule has 0 spiro atoms. The monoisotopic (exact) mass is 426 g/mol. The number of nitrogens with one attached hydrogen (secondary N) is 4. The van der Waals surface area contributed by atoms with E-state index in [-0.39, 0.29) is 18.7 Å². The highest BCUT2D eigenvalue weighted by Gasteiger charge is 2.24. The fourth-order valence-electron chi connectivity index (χ4n) is 2.75. The van der Waals surface area contributed by atoms with Crippen LogP contribution in [0.15, 0.2) is 54.6 Å². The highest BCUT2D eigenvalue weighted by atomic mass is 16.5. The molecule has 0 saturated carbocycles. The van der Waals surface area contributed by atoms with Crippen LogP contribution in [0.3, 0.4) is 0 Å². The zero-order valence-corrected chi connectivity index (χ0v) is 18.3. The van der Waals surface area contributed by atoms with Crippen molar-refractivity contribution >= 4 is 35.0 Å². The Labute approximate surface area is 182 Å². The first-order valence-corrected chi connectivity index (χ1v) is 10.0. The number of benzene rings is 2. The van der Waals surface area contributed by atoms with Gasteiger partial charge in [-0.3, -0.25) is 4.79 Å². The Morgan fingerprint density at radius 1 is 0.903 bits per heavy atom. The van der Waals surface area contributed by atoms with Crippen molar-refractivity contribution < 1.29 is 19.1 Å². The van der Waals surface area contributed by atoms with Gasteiger partial charge in [-0.05, 0) is 63.6 Å². The summed E-state index contributed by atoms with van der Waals surface area (Å²) in [4.78, 5) is 36.3. The second-order valence-electron chi connectivity index (χ2n) is 8.08. The lowest BCUT2D eigenvalue weighted by atomic mass is 10.1. The van der Waals surface area contributed by atoms with E-state index in [1.165, 1.54) is 7.11 Å². The molecule has 166 valence electrons. The van der Waals surface area contributed by atoms with Gasteiger partial charge in [0.25, 0.3) is 0 Å². The van der Waals surface area contributed by atoms with E-state index in [4.69, 9.17) is 4.74 Å². The van der Waals surface area contributed by atoms with Crippen molar-refractivity contribution in [1.29, 1.82) is 0 Å². The molecule has 2 aromatic carbocycles. The maximum Gasteiger partial charge on any atom is 0.328 e. The van der Waals surface area contributed by atoms with Gasteiger partial charge < -0.3 is 26.0 Å². The first kappa shape index (κ1) is 23.7. The smallest absolute Gasteiger partial charge is 0.328 e. The van der Waals surface area contributed by atoms with Crippen molar-refractivity contribution in [3.63, 3.8) is 0 Å². The van der Waals surface area contributed by atoms with Gasteiger partial charge in [-0.1, -0.05) is 18.2 Å². The van der Waals surface area contributed by atoms with E-state index < -0.39 is 23.6 Å². The summed E-state index contributed by atoms with van der Waals surface area (Å²) in [5, 5.41) is 11.3. The molecule has 31 heavy (non-hydrogen) atoms. The van der Waals surface area contributed by atoms with E-state index in [0.29, 0.717) is 5.69 Å². The van der Waals surface area contributed by atoms with Gasteiger partial charge in [-0.2, -0.15) is 0 Å². The van der Waals surface area contributed by atoms with E-state index in [0.717, 1.165) is 11.4 Å². The second-order valence-corrected chi connectivity index (χ2v) is 8.08. The minimum absolute atomic E-state index is 0.0413. The number of hydrogen-bond acceptors (Lipinski definition) is 5. The lowest BCUT2D eigenvalue weighted by Crippen LogP contribution is -2.52. The summed E-state index contributed by atoms with van der Waals surface area (Å²) < 4.78 is 4.74. The summed E-state index contributed by atoms with van der Waals surface area (Å²) in [6.07, 6.45) is 0.156. The Kier molecular flexibility index (Phi) is 8.43. The van der Waals surface area contributed by atoms with Gasteiger partial charge in [0.15, 0.2) is 0 Å². The molecule has 3 amide bonds. The topological polar surface area (TPSA) is 109 Å². The first-order valence-electron chi connectivity index (χ1n) is 10.0. The summed E-state index contributed by atoms with van der Waals surface area (Å²) in [6, 6.07) is 15.6. The quantitative estimate of drug-likeness (QED) is 0.480. The largest absolute Gasteiger partial charge is 0.467 e. The zero-order chi connectivity index (χ0) is 22.9. The van der Waals surface area contributed by atoms with Gasteiger partial charge in [0, 0.05) is 29.0 Å². The van der Waals surface area contributed by atoms with Gasteiger partial charge in [-0.25, -0.2) is 9.59 Å². The fourth-order valence-corrected chi connectivity index (χ4v) is 2.75. The number of amides is 3. The molecule has 0 heterocycles. The molecule has 0 unspecified atom stereocenters. The number of hydrogen-bond donors (Lipinski definition) is 4. The molecule has 8 nitrogen and oxygen atoms in total. The third-order valence-electron chi connectivity index (χ3n) is 4.17. The molecule has 0 bridgehead atoms. The Bertz CT molecular complexity index is 877. The fraction of sp³-hybridized carbons (Fsp3) is 0.348. The minimum atomic E-state index is -0.921. The van der Waals surface area contributed by atoms with Crippen LogP contribution in [0.5, 0.6) is 0 Å². The average Bonchev–Trinajstić information content (AvgIpc) is 2.71. The van der Waals surface area contributed by atoms with Crippen molar-refractivity contribution in [1.82, 2.24) is 10.6 Å². The Morgan fingerprint density at radius 3 is 2.06 bits per heavy atom. The van der Waals surface area contributed by atoms with Crippen molar-refractivity contribution in [2.24, 2.45) is 0 Å². The zero-order valence-electron chi connectivity index (χ0n) is 18.3. The number of anilines is 3. The molecule has 0 radical (unpaired) electrons. The number of carbonyl (C=O) groups excluding carboxylic acids is 3. The maximum atomic E-state index is 12.3. The molecule has 0 aliphatic heterocycles. The van der Waals surface area contributed by atoms with E-state index in [1.54, 1.807) is 12.1 Å². The molecular formula is C23H30N4O4. The van der Waals surface area contributed by atoms with Crippen LogP contribution < -0.4 is 21.3 Å². The molecule has 0 saturated heterocycles. The lowest BCUT2D eigenvalue weighted by molar-refractivity contribution is -0.143. The van der Waals surface area contributed by atoms with Crippen LogP contribution in [0.25, 0.3) is 0 Å². The van der Waals surface area contributed by atoms with Crippen molar-refractivity contribution in [3.8, 4) is 0 Å². The molecule has 0 fully saturated rings. The van der Waals surface area contributed by atoms with Crippen LogP contribution in [-0.2, 0) is 14.3 Å². The number of urea groups is 1. The molecule has 2 rings (SSSR count). The third kappa shape index (κ3) is 8.77. The number of para-hydroxylation sites is 1. The van der Waals surface area contributed by atoms with E-state index in [2.05, 4.69) is 21.3 Å². The van der Waals surface area contributed by atoms with Gasteiger partial charge in [0.05, 0.1) is 7.11 Å². The van der Waals surface area contributed by atoms with Gasteiger partial charge in [0.1, 0.15) is 6.04 Å². The molecule has 0 aliphatic carbocycles. The molecule has 4 N–H and O–H groups in total. The Balaban J connectivity index is 1.86. The SMILES string of the molecule is COC(=O)[C@H](CCC(=O)Nc1ccc(Nc2ccccc2)cc1)NC(=O)NC(C)(C)C. The number of rotatable bonds is 8. The molecule has 0 aliphatic rings. The van der Waals surface area contributed by atoms with Crippen molar-refractivity contribution in [2.75, 3.05) is 17.7 Å².